The number of rotatable bonds is 5. The van der Waals surface area contributed by atoms with Crippen molar-refractivity contribution < 1.29 is 14.3 Å². The van der Waals surface area contributed by atoms with Gasteiger partial charge in [0, 0.05) is 25.1 Å². The molecule has 0 aromatic heterocycles. The molecule has 1 heterocycles. The lowest BCUT2D eigenvalue weighted by Gasteiger charge is -2.29. The second-order valence-corrected chi connectivity index (χ2v) is 6.70. The van der Waals surface area contributed by atoms with Crippen LogP contribution in [0.3, 0.4) is 0 Å². The van der Waals surface area contributed by atoms with Gasteiger partial charge in [-0.15, -0.1) is 0 Å². The predicted octanol–water partition coefficient (Wildman–Crippen LogP) is 3.65. The number of para-hydroxylation sites is 2. The van der Waals surface area contributed by atoms with Crippen molar-refractivity contribution in [2.75, 3.05) is 27.3 Å². The van der Waals surface area contributed by atoms with Gasteiger partial charge in [0.25, 0.3) is 0 Å². The average molecular weight is 354 g/mol. The third-order valence-corrected chi connectivity index (χ3v) is 4.99. The Kier molecular flexibility index (Phi) is 5.66. The van der Waals surface area contributed by atoms with E-state index in [2.05, 4.69) is 11.4 Å². The van der Waals surface area contributed by atoms with Crippen molar-refractivity contribution >= 4 is 6.03 Å². The molecule has 0 saturated heterocycles. The minimum absolute atomic E-state index is 0.0884. The lowest BCUT2D eigenvalue weighted by molar-refractivity contribution is 0.183. The number of amides is 2. The van der Waals surface area contributed by atoms with Crippen LogP contribution < -0.4 is 14.8 Å². The molecule has 5 nitrogen and oxygen atoms in total. The third-order valence-electron chi connectivity index (χ3n) is 4.99. The molecule has 3 rings (SSSR count). The average Bonchev–Trinajstić information content (AvgIpc) is 2.70. The van der Waals surface area contributed by atoms with E-state index in [1.165, 1.54) is 5.56 Å². The molecule has 0 bridgehead atoms. The van der Waals surface area contributed by atoms with E-state index in [1.54, 1.807) is 19.1 Å². The Morgan fingerprint density at radius 3 is 2.81 bits per heavy atom. The minimum atomic E-state index is -0.0951. The predicted molar refractivity (Wildman–Crippen MR) is 102 cm³/mol. The van der Waals surface area contributed by atoms with Gasteiger partial charge < -0.3 is 19.7 Å². The molecule has 0 aliphatic carbocycles. The van der Waals surface area contributed by atoms with Gasteiger partial charge in [0.2, 0.25) is 0 Å². The monoisotopic (exact) mass is 354 g/mol. The van der Waals surface area contributed by atoms with Crippen molar-refractivity contribution in [1.82, 2.24) is 10.2 Å². The van der Waals surface area contributed by atoms with E-state index >= 15 is 0 Å². The molecule has 0 spiro atoms. The fourth-order valence-electron chi connectivity index (χ4n) is 3.27. The molecular weight excluding hydrogens is 328 g/mol. The number of urea groups is 1. The van der Waals surface area contributed by atoms with E-state index in [4.69, 9.17) is 9.47 Å². The molecule has 2 aromatic carbocycles. The lowest BCUT2D eigenvalue weighted by Crippen LogP contribution is -2.42. The second kappa shape index (κ2) is 8.13. The van der Waals surface area contributed by atoms with E-state index in [0.29, 0.717) is 13.2 Å². The Balaban J connectivity index is 1.56. The maximum absolute atomic E-state index is 12.6. The number of nitrogens with one attached hydrogen (secondary N) is 1. The van der Waals surface area contributed by atoms with Crippen LogP contribution >= 0.6 is 0 Å². The molecule has 1 N–H and O–H groups in total. The number of methoxy groups -OCH3 is 1. The Morgan fingerprint density at radius 1 is 1.27 bits per heavy atom. The summed E-state index contributed by atoms with van der Waals surface area (Å²) in [6.07, 6.45) is 0.919. The van der Waals surface area contributed by atoms with Gasteiger partial charge >= 0.3 is 6.03 Å². The van der Waals surface area contributed by atoms with Gasteiger partial charge in [-0.3, -0.25) is 0 Å². The molecule has 2 amide bonds. The van der Waals surface area contributed by atoms with Gasteiger partial charge in [-0.2, -0.15) is 0 Å². The molecule has 2 aromatic rings. The van der Waals surface area contributed by atoms with E-state index in [1.807, 2.05) is 49.4 Å². The Bertz CT molecular complexity index is 762. The van der Waals surface area contributed by atoms with Gasteiger partial charge in [-0.1, -0.05) is 36.4 Å². The highest BCUT2D eigenvalue weighted by molar-refractivity contribution is 5.74. The number of ether oxygens (including phenoxy) is 2. The molecule has 138 valence electrons. The van der Waals surface area contributed by atoms with Crippen LogP contribution in [0.25, 0.3) is 0 Å². The highest BCUT2D eigenvalue weighted by Gasteiger charge is 2.23. The molecule has 1 aliphatic rings. The van der Waals surface area contributed by atoms with Crippen LogP contribution in [-0.2, 0) is 6.42 Å². The van der Waals surface area contributed by atoms with E-state index < -0.39 is 0 Å². The summed E-state index contributed by atoms with van der Waals surface area (Å²) in [6, 6.07) is 15.7. The highest BCUT2D eigenvalue weighted by Crippen LogP contribution is 2.28. The Hall–Kier alpha value is -2.69. The number of hydrogen-bond acceptors (Lipinski definition) is 3. The third kappa shape index (κ3) is 3.93. The highest BCUT2D eigenvalue weighted by atomic mass is 16.5. The van der Waals surface area contributed by atoms with Gasteiger partial charge in [-0.25, -0.2) is 4.79 Å². The van der Waals surface area contributed by atoms with E-state index in [-0.39, 0.29) is 18.0 Å². The van der Waals surface area contributed by atoms with Crippen molar-refractivity contribution in [3.8, 4) is 11.5 Å². The van der Waals surface area contributed by atoms with Crippen LogP contribution in [0, 0.1) is 5.92 Å². The van der Waals surface area contributed by atoms with E-state index in [0.717, 1.165) is 23.5 Å². The number of fused-ring (bicyclic) bond motifs is 1. The van der Waals surface area contributed by atoms with Crippen LogP contribution in [0.5, 0.6) is 11.5 Å². The van der Waals surface area contributed by atoms with Crippen LogP contribution in [-0.4, -0.2) is 38.2 Å². The number of hydrogen-bond donors (Lipinski definition) is 1. The molecule has 0 radical (unpaired) electrons. The molecule has 0 saturated carbocycles. The van der Waals surface area contributed by atoms with Gasteiger partial charge in [0.15, 0.2) is 0 Å². The summed E-state index contributed by atoms with van der Waals surface area (Å²) in [6.45, 7) is 3.22. The summed E-state index contributed by atoms with van der Waals surface area (Å²) in [5.41, 5.74) is 2.19. The first kappa shape index (κ1) is 18.1. The molecule has 0 unspecified atom stereocenters. The van der Waals surface area contributed by atoms with Crippen LogP contribution in [0.15, 0.2) is 48.5 Å². The number of nitrogens with zero attached hydrogens (tertiary/aromatic N) is 1. The smallest absolute Gasteiger partial charge is 0.317 e. The molecule has 0 fully saturated rings. The Morgan fingerprint density at radius 2 is 2.00 bits per heavy atom. The number of carbonyl (C=O) groups excluding carboxylic acids is 1. The zero-order valence-electron chi connectivity index (χ0n) is 15.6. The van der Waals surface area contributed by atoms with Crippen molar-refractivity contribution in [3.05, 3.63) is 59.7 Å². The second-order valence-electron chi connectivity index (χ2n) is 6.70. The summed E-state index contributed by atoms with van der Waals surface area (Å²) in [4.78, 5) is 14.3. The fraction of sp³-hybridized carbons (Fsp3) is 0.381. The zero-order chi connectivity index (χ0) is 18.5. The first-order valence-electron chi connectivity index (χ1n) is 8.94. The van der Waals surface area contributed by atoms with Crippen LogP contribution in [0.2, 0.25) is 0 Å². The van der Waals surface area contributed by atoms with Gasteiger partial charge in [-0.05, 0) is 31.0 Å². The maximum Gasteiger partial charge on any atom is 0.317 e. The van der Waals surface area contributed by atoms with Gasteiger partial charge in [0.05, 0.1) is 19.8 Å². The molecular formula is C21H26N2O3. The Labute approximate surface area is 154 Å². The summed E-state index contributed by atoms with van der Waals surface area (Å²) in [7, 11) is 3.45. The van der Waals surface area contributed by atoms with Crippen molar-refractivity contribution in [3.63, 3.8) is 0 Å². The normalized spacial score (nSPS) is 16.8. The van der Waals surface area contributed by atoms with Crippen LogP contribution in [0.4, 0.5) is 4.79 Å². The van der Waals surface area contributed by atoms with Crippen molar-refractivity contribution in [2.24, 2.45) is 5.92 Å². The van der Waals surface area contributed by atoms with Crippen LogP contribution in [0.1, 0.15) is 24.1 Å². The summed E-state index contributed by atoms with van der Waals surface area (Å²) in [5, 5.41) is 3.04. The summed E-state index contributed by atoms with van der Waals surface area (Å²) in [5.74, 6) is 2.03. The quantitative estimate of drug-likeness (QED) is 0.892. The minimum Gasteiger partial charge on any atom is -0.496 e. The summed E-state index contributed by atoms with van der Waals surface area (Å²) >= 11 is 0. The topological polar surface area (TPSA) is 50.8 Å². The SMILES string of the molecule is COc1ccccc1[C@H](C)N(C)C(=O)NC[C@H]1COc2ccccc2C1. The number of benzene rings is 2. The van der Waals surface area contributed by atoms with E-state index in [9.17, 15) is 4.79 Å². The lowest BCUT2D eigenvalue weighted by atomic mass is 9.97. The first-order chi connectivity index (χ1) is 12.6. The molecule has 2 atom stereocenters. The zero-order valence-corrected chi connectivity index (χ0v) is 15.6. The standard InChI is InChI=1S/C21H26N2O3/c1-15(18-9-5-7-11-20(18)25-3)23(2)21(24)22-13-16-12-17-8-4-6-10-19(17)26-14-16/h4-11,15-16H,12-14H2,1-3H3,(H,22,24)/t15-,16-/m0/s1. The largest absolute Gasteiger partial charge is 0.496 e. The summed E-state index contributed by atoms with van der Waals surface area (Å²) < 4.78 is 11.2. The first-order valence-corrected chi connectivity index (χ1v) is 8.94. The van der Waals surface area contributed by atoms with Crippen molar-refractivity contribution in [2.45, 2.75) is 19.4 Å². The number of carbonyl (C=O) groups is 1. The molecule has 5 heteroatoms. The van der Waals surface area contributed by atoms with Gasteiger partial charge in [0.1, 0.15) is 11.5 Å². The van der Waals surface area contributed by atoms with Crippen molar-refractivity contribution in [1.29, 1.82) is 0 Å². The fourth-order valence-corrected chi connectivity index (χ4v) is 3.27. The maximum atomic E-state index is 12.6. The molecule has 1 aliphatic heterocycles. The molecule has 26 heavy (non-hydrogen) atoms.